The van der Waals surface area contributed by atoms with E-state index in [1.807, 2.05) is 18.7 Å². The summed E-state index contributed by atoms with van der Waals surface area (Å²) in [5.74, 6) is -0.795. The smallest absolute Gasteiger partial charge is 0.323 e. The summed E-state index contributed by atoms with van der Waals surface area (Å²) in [6, 6.07) is -0.214. The Balaban J connectivity index is 2.58. The van der Waals surface area contributed by atoms with Crippen molar-refractivity contribution < 1.29 is 14.6 Å². The molecule has 0 spiro atoms. The van der Waals surface area contributed by atoms with Gasteiger partial charge >= 0.3 is 5.97 Å². The molecule has 1 aliphatic heterocycles. The number of ether oxygens (including phenoxy) is 1. The molecule has 4 nitrogen and oxygen atoms in total. The number of rotatable bonds is 2. The summed E-state index contributed by atoms with van der Waals surface area (Å²) < 4.78 is 5.04. The lowest BCUT2D eigenvalue weighted by atomic mass is 10.2. The van der Waals surface area contributed by atoms with E-state index < -0.39 is 12.0 Å². The third kappa shape index (κ3) is 1.70. The first-order valence-corrected chi connectivity index (χ1v) is 3.69. The van der Waals surface area contributed by atoms with E-state index in [1.54, 1.807) is 0 Å². The van der Waals surface area contributed by atoms with Crippen molar-refractivity contribution in [2.24, 2.45) is 0 Å². The Morgan fingerprint density at radius 1 is 1.73 bits per heavy atom. The fourth-order valence-corrected chi connectivity index (χ4v) is 1.18. The van der Waals surface area contributed by atoms with Crippen molar-refractivity contribution in [3.05, 3.63) is 0 Å². The van der Waals surface area contributed by atoms with Gasteiger partial charge in [0.25, 0.3) is 0 Å². The van der Waals surface area contributed by atoms with E-state index in [9.17, 15) is 4.79 Å². The Hall–Kier alpha value is -0.610. The summed E-state index contributed by atoms with van der Waals surface area (Å²) in [5, 5.41) is 8.71. The highest BCUT2D eigenvalue weighted by Crippen LogP contribution is 2.12. The summed E-state index contributed by atoms with van der Waals surface area (Å²) in [6.45, 7) is 4.68. The van der Waals surface area contributed by atoms with Crippen LogP contribution in [0.4, 0.5) is 0 Å². The van der Waals surface area contributed by atoms with Crippen molar-refractivity contribution >= 4 is 5.97 Å². The fourth-order valence-electron chi connectivity index (χ4n) is 1.18. The van der Waals surface area contributed by atoms with Gasteiger partial charge in [0, 0.05) is 6.04 Å². The average Bonchev–Trinajstić information content (AvgIpc) is 2.32. The van der Waals surface area contributed by atoms with Crippen molar-refractivity contribution in [2.75, 3.05) is 13.3 Å². The van der Waals surface area contributed by atoms with Gasteiger partial charge in [0.2, 0.25) is 0 Å². The van der Waals surface area contributed by atoms with Crippen molar-refractivity contribution in [1.29, 1.82) is 0 Å². The first-order chi connectivity index (χ1) is 5.13. The Bertz CT molecular complexity index is 158. The summed E-state index contributed by atoms with van der Waals surface area (Å²) in [4.78, 5) is 12.4. The first-order valence-electron chi connectivity index (χ1n) is 3.69. The van der Waals surface area contributed by atoms with Crippen LogP contribution < -0.4 is 0 Å². The van der Waals surface area contributed by atoms with Gasteiger partial charge < -0.3 is 9.84 Å². The van der Waals surface area contributed by atoms with Crippen LogP contribution in [-0.4, -0.2) is 41.4 Å². The Kier molecular flexibility index (Phi) is 2.46. The molecule has 1 fully saturated rings. The quantitative estimate of drug-likeness (QED) is 0.622. The van der Waals surface area contributed by atoms with E-state index >= 15 is 0 Å². The molecule has 1 N–H and O–H groups in total. The fraction of sp³-hybridized carbons (Fsp3) is 0.857. The molecule has 11 heavy (non-hydrogen) atoms. The maximum atomic E-state index is 10.6. The summed E-state index contributed by atoms with van der Waals surface area (Å²) in [6.07, 6.45) is 0. The average molecular weight is 159 g/mol. The molecule has 1 unspecified atom stereocenters. The van der Waals surface area contributed by atoms with Gasteiger partial charge in [-0.25, -0.2) is 0 Å². The largest absolute Gasteiger partial charge is 0.480 e. The molecule has 1 atom stereocenters. The Morgan fingerprint density at radius 2 is 2.36 bits per heavy atom. The second-order valence-corrected chi connectivity index (χ2v) is 2.96. The van der Waals surface area contributed by atoms with Gasteiger partial charge in [-0.1, -0.05) is 0 Å². The molecule has 64 valence electrons. The normalized spacial score (nSPS) is 26.3. The monoisotopic (exact) mass is 159 g/mol. The third-order valence-corrected chi connectivity index (χ3v) is 1.86. The van der Waals surface area contributed by atoms with Crippen LogP contribution >= 0.6 is 0 Å². The van der Waals surface area contributed by atoms with Crippen LogP contribution in [0, 0.1) is 0 Å². The number of carboxylic acid groups (broad SMARTS) is 1. The number of hydrogen-bond acceptors (Lipinski definition) is 3. The molecule has 1 saturated heterocycles. The van der Waals surface area contributed by atoms with Gasteiger partial charge in [-0.05, 0) is 13.8 Å². The van der Waals surface area contributed by atoms with Crippen LogP contribution in [0.25, 0.3) is 0 Å². The zero-order valence-electron chi connectivity index (χ0n) is 6.78. The maximum Gasteiger partial charge on any atom is 0.323 e. The van der Waals surface area contributed by atoms with Crippen LogP contribution in [0.5, 0.6) is 0 Å². The topological polar surface area (TPSA) is 49.8 Å². The van der Waals surface area contributed by atoms with E-state index in [0.29, 0.717) is 13.3 Å². The van der Waals surface area contributed by atoms with Crippen LogP contribution in [-0.2, 0) is 9.53 Å². The molecule has 1 aliphatic rings. The van der Waals surface area contributed by atoms with Crippen LogP contribution in [0.2, 0.25) is 0 Å². The molecule has 1 rings (SSSR count). The van der Waals surface area contributed by atoms with Gasteiger partial charge in [0.1, 0.15) is 12.8 Å². The summed E-state index contributed by atoms with van der Waals surface area (Å²) in [5.41, 5.74) is 0. The van der Waals surface area contributed by atoms with Gasteiger partial charge in [-0.3, -0.25) is 9.69 Å². The lowest BCUT2D eigenvalue weighted by Gasteiger charge is -2.22. The lowest BCUT2D eigenvalue weighted by Crippen LogP contribution is -2.41. The molecule has 0 radical (unpaired) electrons. The SMILES string of the molecule is CC(C)N1COCC1C(=O)O. The second kappa shape index (κ2) is 3.19. The highest BCUT2D eigenvalue weighted by atomic mass is 16.5. The van der Waals surface area contributed by atoms with Gasteiger partial charge in [-0.2, -0.15) is 0 Å². The highest BCUT2D eigenvalue weighted by molar-refractivity contribution is 5.73. The van der Waals surface area contributed by atoms with E-state index in [-0.39, 0.29) is 6.04 Å². The number of nitrogens with zero attached hydrogens (tertiary/aromatic N) is 1. The zero-order valence-corrected chi connectivity index (χ0v) is 6.78. The highest BCUT2D eigenvalue weighted by Gasteiger charge is 2.32. The predicted octanol–water partition coefficient (Wildman–Crippen LogP) is 0.138. The minimum Gasteiger partial charge on any atom is -0.480 e. The molecular weight excluding hydrogens is 146 g/mol. The molecule has 0 aliphatic carbocycles. The number of aliphatic carboxylic acids is 1. The van der Waals surface area contributed by atoms with E-state index in [2.05, 4.69) is 0 Å². The van der Waals surface area contributed by atoms with E-state index in [0.717, 1.165) is 0 Å². The van der Waals surface area contributed by atoms with Gasteiger partial charge in [-0.15, -0.1) is 0 Å². The van der Waals surface area contributed by atoms with Gasteiger partial charge in [0.05, 0.1) is 6.61 Å². The first kappa shape index (κ1) is 8.49. The van der Waals surface area contributed by atoms with E-state index in [4.69, 9.17) is 9.84 Å². The molecule has 0 saturated carbocycles. The maximum absolute atomic E-state index is 10.6. The van der Waals surface area contributed by atoms with Gasteiger partial charge in [0.15, 0.2) is 0 Å². The van der Waals surface area contributed by atoms with Crippen LogP contribution in [0.3, 0.4) is 0 Å². The van der Waals surface area contributed by atoms with Crippen LogP contribution in [0.1, 0.15) is 13.8 Å². The van der Waals surface area contributed by atoms with Crippen molar-refractivity contribution in [1.82, 2.24) is 4.90 Å². The standard InChI is InChI=1S/C7H13NO3/c1-5(2)8-4-11-3-6(8)7(9)10/h5-6H,3-4H2,1-2H3,(H,9,10). The molecule has 0 aromatic carbocycles. The number of carbonyl (C=O) groups is 1. The molecular formula is C7H13NO3. The predicted molar refractivity (Wildman–Crippen MR) is 39.2 cm³/mol. The Labute approximate surface area is 65.8 Å². The molecule has 1 heterocycles. The van der Waals surface area contributed by atoms with Crippen molar-refractivity contribution in [2.45, 2.75) is 25.9 Å². The molecule has 0 amide bonds. The number of hydrogen-bond donors (Lipinski definition) is 1. The molecule has 4 heteroatoms. The third-order valence-electron chi connectivity index (χ3n) is 1.86. The molecule has 0 bridgehead atoms. The van der Waals surface area contributed by atoms with Crippen LogP contribution in [0.15, 0.2) is 0 Å². The summed E-state index contributed by atoms with van der Waals surface area (Å²) >= 11 is 0. The lowest BCUT2D eigenvalue weighted by molar-refractivity contribution is -0.142. The minimum absolute atomic E-state index is 0.235. The number of carboxylic acids is 1. The Morgan fingerprint density at radius 3 is 2.73 bits per heavy atom. The second-order valence-electron chi connectivity index (χ2n) is 2.96. The summed E-state index contributed by atoms with van der Waals surface area (Å²) in [7, 11) is 0. The van der Waals surface area contributed by atoms with E-state index in [1.165, 1.54) is 0 Å². The molecule has 0 aromatic heterocycles. The molecule has 0 aromatic rings. The van der Waals surface area contributed by atoms with Crippen molar-refractivity contribution in [3.63, 3.8) is 0 Å². The van der Waals surface area contributed by atoms with Crippen molar-refractivity contribution in [3.8, 4) is 0 Å². The minimum atomic E-state index is -0.795. The zero-order chi connectivity index (χ0) is 8.43.